The summed E-state index contributed by atoms with van der Waals surface area (Å²) in [5, 5.41) is 2.64. The molecule has 1 amide bonds. The molecular formula is C15H13F2NO2S. The number of ether oxygens (including phenoxy) is 1. The summed E-state index contributed by atoms with van der Waals surface area (Å²) in [6, 6.07) is 13.0. The molecule has 0 aliphatic carbocycles. The first kappa shape index (κ1) is 15.3. The van der Waals surface area contributed by atoms with Gasteiger partial charge in [-0.15, -0.1) is 11.8 Å². The van der Waals surface area contributed by atoms with Gasteiger partial charge < -0.3 is 10.1 Å². The first-order valence-corrected chi connectivity index (χ1v) is 7.31. The SMILES string of the molecule is CSc1ccc(C(=O)Nc2cccc(OC(F)F)c2)cc1. The third kappa shape index (κ3) is 4.46. The molecule has 2 aromatic carbocycles. The van der Waals surface area contributed by atoms with E-state index in [9.17, 15) is 13.6 Å². The number of halogens is 2. The van der Waals surface area contributed by atoms with Gasteiger partial charge in [-0.25, -0.2) is 0 Å². The van der Waals surface area contributed by atoms with E-state index in [0.29, 0.717) is 11.3 Å². The van der Waals surface area contributed by atoms with Gasteiger partial charge in [0.15, 0.2) is 0 Å². The number of carbonyl (C=O) groups excluding carboxylic acids is 1. The largest absolute Gasteiger partial charge is 0.435 e. The Morgan fingerprint density at radius 3 is 2.52 bits per heavy atom. The summed E-state index contributed by atoms with van der Waals surface area (Å²) in [6.45, 7) is -2.89. The van der Waals surface area contributed by atoms with Gasteiger partial charge in [-0.1, -0.05) is 6.07 Å². The number of benzene rings is 2. The van der Waals surface area contributed by atoms with Crippen LogP contribution in [0.3, 0.4) is 0 Å². The smallest absolute Gasteiger partial charge is 0.387 e. The maximum Gasteiger partial charge on any atom is 0.387 e. The maximum atomic E-state index is 12.1. The Morgan fingerprint density at radius 1 is 1.19 bits per heavy atom. The zero-order valence-corrected chi connectivity index (χ0v) is 12.0. The van der Waals surface area contributed by atoms with Crippen LogP contribution in [0.4, 0.5) is 14.5 Å². The highest BCUT2D eigenvalue weighted by Crippen LogP contribution is 2.20. The molecule has 110 valence electrons. The van der Waals surface area contributed by atoms with Crippen LogP contribution in [0, 0.1) is 0 Å². The minimum atomic E-state index is -2.89. The number of hydrogen-bond acceptors (Lipinski definition) is 3. The molecule has 21 heavy (non-hydrogen) atoms. The quantitative estimate of drug-likeness (QED) is 0.839. The molecule has 0 spiro atoms. The molecule has 0 heterocycles. The molecule has 0 atom stereocenters. The van der Waals surface area contributed by atoms with Crippen molar-refractivity contribution in [2.75, 3.05) is 11.6 Å². The molecule has 3 nitrogen and oxygen atoms in total. The highest BCUT2D eigenvalue weighted by Gasteiger charge is 2.08. The van der Waals surface area contributed by atoms with Crippen LogP contribution in [0.2, 0.25) is 0 Å². The summed E-state index contributed by atoms with van der Waals surface area (Å²) in [5.41, 5.74) is 0.889. The molecule has 0 bridgehead atoms. The van der Waals surface area contributed by atoms with Crippen LogP contribution in [0.15, 0.2) is 53.4 Å². The molecule has 6 heteroatoms. The highest BCUT2D eigenvalue weighted by molar-refractivity contribution is 7.98. The first-order valence-electron chi connectivity index (χ1n) is 6.09. The summed E-state index contributed by atoms with van der Waals surface area (Å²) in [5.74, 6) is -0.308. The van der Waals surface area contributed by atoms with E-state index in [2.05, 4.69) is 10.1 Å². The third-order valence-corrected chi connectivity index (χ3v) is 3.41. The number of anilines is 1. The minimum Gasteiger partial charge on any atom is -0.435 e. The Labute approximate surface area is 125 Å². The van der Waals surface area contributed by atoms with Gasteiger partial charge in [0.1, 0.15) is 5.75 Å². The van der Waals surface area contributed by atoms with Gasteiger partial charge in [0.05, 0.1) is 0 Å². The average Bonchev–Trinajstić information content (AvgIpc) is 2.47. The Morgan fingerprint density at radius 2 is 1.90 bits per heavy atom. The standard InChI is InChI=1S/C15H13F2NO2S/c1-21-13-7-5-10(6-8-13)14(19)18-11-3-2-4-12(9-11)20-15(16)17/h2-9,15H,1H3,(H,18,19). The molecule has 0 aliphatic rings. The number of amides is 1. The molecule has 0 saturated heterocycles. The van der Waals surface area contributed by atoms with Gasteiger partial charge in [0, 0.05) is 22.2 Å². The summed E-state index contributed by atoms with van der Waals surface area (Å²) in [4.78, 5) is 13.1. The van der Waals surface area contributed by atoms with Crippen LogP contribution in [0.25, 0.3) is 0 Å². The van der Waals surface area contributed by atoms with Crippen LogP contribution >= 0.6 is 11.8 Å². The van der Waals surface area contributed by atoms with E-state index in [1.165, 1.54) is 18.2 Å². The van der Waals surface area contributed by atoms with Crippen LogP contribution in [-0.4, -0.2) is 18.8 Å². The van der Waals surface area contributed by atoms with Crippen molar-refractivity contribution < 1.29 is 18.3 Å². The van der Waals surface area contributed by atoms with Crippen molar-refractivity contribution in [1.82, 2.24) is 0 Å². The molecule has 0 unspecified atom stereocenters. The van der Waals surface area contributed by atoms with E-state index >= 15 is 0 Å². The average molecular weight is 309 g/mol. The van der Waals surface area contributed by atoms with E-state index in [1.807, 2.05) is 18.4 Å². The lowest BCUT2D eigenvalue weighted by atomic mass is 10.2. The topological polar surface area (TPSA) is 38.3 Å². The van der Waals surface area contributed by atoms with E-state index in [-0.39, 0.29) is 11.7 Å². The first-order chi connectivity index (χ1) is 10.1. The molecule has 1 N–H and O–H groups in total. The van der Waals surface area contributed by atoms with E-state index in [4.69, 9.17) is 0 Å². The van der Waals surface area contributed by atoms with Crippen LogP contribution in [0.5, 0.6) is 5.75 Å². The predicted molar refractivity (Wildman–Crippen MR) is 79.3 cm³/mol. The molecular weight excluding hydrogens is 296 g/mol. The van der Waals surface area contributed by atoms with Crippen molar-refractivity contribution in [2.24, 2.45) is 0 Å². The zero-order chi connectivity index (χ0) is 15.2. The van der Waals surface area contributed by atoms with Gasteiger partial charge in [0.25, 0.3) is 5.91 Å². The second kappa shape index (κ2) is 7.08. The maximum absolute atomic E-state index is 12.1. The zero-order valence-electron chi connectivity index (χ0n) is 11.2. The Bertz CT molecular complexity index is 617. The van der Waals surface area contributed by atoms with E-state index < -0.39 is 6.61 Å². The van der Waals surface area contributed by atoms with Crippen molar-refractivity contribution >= 4 is 23.4 Å². The number of hydrogen-bond donors (Lipinski definition) is 1. The number of rotatable bonds is 5. The molecule has 0 fully saturated rings. The van der Waals surface area contributed by atoms with E-state index in [1.54, 1.807) is 30.0 Å². The monoisotopic (exact) mass is 309 g/mol. The van der Waals surface area contributed by atoms with E-state index in [0.717, 1.165) is 4.90 Å². The van der Waals surface area contributed by atoms with Gasteiger partial charge in [-0.2, -0.15) is 8.78 Å². The van der Waals surface area contributed by atoms with Crippen LogP contribution in [-0.2, 0) is 0 Å². The van der Waals surface area contributed by atoms with Gasteiger partial charge in [-0.05, 0) is 42.7 Å². The number of alkyl halides is 2. The Balaban J connectivity index is 2.07. The number of thioether (sulfide) groups is 1. The normalized spacial score (nSPS) is 10.5. The lowest BCUT2D eigenvalue weighted by molar-refractivity contribution is -0.0497. The molecule has 0 saturated carbocycles. The fourth-order valence-corrected chi connectivity index (χ4v) is 2.10. The lowest BCUT2D eigenvalue weighted by Gasteiger charge is -2.08. The summed E-state index contributed by atoms with van der Waals surface area (Å²) in [6.07, 6.45) is 1.95. The second-order valence-electron chi connectivity index (χ2n) is 4.09. The van der Waals surface area contributed by atoms with Crippen LogP contribution in [0.1, 0.15) is 10.4 Å². The second-order valence-corrected chi connectivity index (χ2v) is 4.97. The molecule has 0 radical (unpaired) electrons. The summed E-state index contributed by atoms with van der Waals surface area (Å²) >= 11 is 1.58. The minimum absolute atomic E-state index is 0.000492. The third-order valence-electron chi connectivity index (χ3n) is 2.67. The lowest BCUT2D eigenvalue weighted by Crippen LogP contribution is -2.12. The molecule has 0 aliphatic heterocycles. The van der Waals surface area contributed by atoms with Crippen molar-refractivity contribution in [3.8, 4) is 5.75 Å². The highest BCUT2D eigenvalue weighted by atomic mass is 32.2. The fraction of sp³-hybridized carbons (Fsp3) is 0.133. The number of carbonyl (C=O) groups is 1. The Hall–Kier alpha value is -2.08. The van der Waals surface area contributed by atoms with Crippen molar-refractivity contribution in [3.63, 3.8) is 0 Å². The van der Waals surface area contributed by atoms with Crippen molar-refractivity contribution in [3.05, 3.63) is 54.1 Å². The predicted octanol–water partition coefficient (Wildman–Crippen LogP) is 4.26. The van der Waals surface area contributed by atoms with Gasteiger partial charge >= 0.3 is 6.61 Å². The van der Waals surface area contributed by atoms with Crippen molar-refractivity contribution in [2.45, 2.75) is 11.5 Å². The van der Waals surface area contributed by atoms with Crippen molar-refractivity contribution in [1.29, 1.82) is 0 Å². The Kier molecular flexibility index (Phi) is 5.16. The molecule has 2 rings (SSSR count). The molecule has 0 aromatic heterocycles. The summed E-state index contributed by atoms with van der Waals surface area (Å²) in [7, 11) is 0. The number of nitrogens with one attached hydrogen (secondary N) is 1. The summed E-state index contributed by atoms with van der Waals surface area (Å²) < 4.78 is 28.6. The van der Waals surface area contributed by atoms with Gasteiger partial charge in [0.2, 0.25) is 0 Å². The van der Waals surface area contributed by atoms with Crippen LogP contribution < -0.4 is 10.1 Å². The molecule has 2 aromatic rings. The van der Waals surface area contributed by atoms with Gasteiger partial charge in [-0.3, -0.25) is 4.79 Å². The fourth-order valence-electron chi connectivity index (χ4n) is 1.70.